The van der Waals surface area contributed by atoms with Crippen molar-refractivity contribution >= 4 is 33.9 Å². The summed E-state index contributed by atoms with van der Waals surface area (Å²) in [5, 5.41) is 13.4. The number of carbonyl (C=O) groups is 2. The van der Waals surface area contributed by atoms with Crippen molar-refractivity contribution in [3.8, 4) is 5.75 Å². The van der Waals surface area contributed by atoms with Gasteiger partial charge in [0.1, 0.15) is 11.5 Å². The van der Waals surface area contributed by atoms with Gasteiger partial charge in [-0.15, -0.1) is 0 Å². The molecule has 1 heterocycles. The third-order valence-corrected chi connectivity index (χ3v) is 6.81. The van der Waals surface area contributed by atoms with Crippen LogP contribution >= 0.6 is 0 Å². The molecule has 0 aromatic heterocycles. The van der Waals surface area contributed by atoms with Gasteiger partial charge in [-0.2, -0.15) is 0 Å². The second-order valence-corrected chi connectivity index (χ2v) is 9.48. The number of nitrogens with zero attached hydrogens (tertiary/aromatic N) is 1. The zero-order valence-corrected chi connectivity index (χ0v) is 21.1. The van der Waals surface area contributed by atoms with E-state index in [9.17, 15) is 14.7 Å². The second-order valence-electron chi connectivity index (χ2n) is 9.48. The van der Waals surface area contributed by atoms with Crippen molar-refractivity contribution in [3.05, 3.63) is 113 Å². The Labute approximate surface area is 216 Å². The number of ketones is 1. The van der Waals surface area contributed by atoms with Crippen molar-refractivity contribution in [2.24, 2.45) is 0 Å². The van der Waals surface area contributed by atoms with E-state index in [2.05, 4.69) is 13.8 Å². The average Bonchev–Trinajstić information content (AvgIpc) is 3.18. The normalized spacial score (nSPS) is 17.1. The Hall–Kier alpha value is -4.38. The first-order valence-corrected chi connectivity index (χ1v) is 12.5. The van der Waals surface area contributed by atoms with Crippen LogP contribution in [0.2, 0.25) is 0 Å². The van der Waals surface area contributed by atoms with Gasteiger partial charge in [-0.3, -0.25) is 14.5 Å². The molecule has 0 spiro atoms. The monoisotopic (exact) mass is 491 g/mol. The van der Waals surface area contributed by atoms with Crippen LogP contribution in [0, 0.1) is 0 Å². The molecule has 0 bridgehead atoms. The Morgan fingerprint density at radius 3 is 2.22 bits per heavy atom. The number of carbonyl (C=O) groups excluding carboxylic acids is 2. The number of aliphatic hydroxyl groups is 1. The van der Waals surface area contributed by atoms with Crippen molar-refractivity contribution in [3.63, 3.8) is 0 Å². The molecule has 1 atom stereocenters. The van der Waals surface area contributed by atoms with Gasteiger partial charge in [0.2, 0.25) is 0 Å². The number of ether oxygens (including phenoxy) is 1. The van der Waals surface area contributed by atoms with Gasteiger partial charge in [-0.1, -0.05) is 74.5 Å². The lowest BCUT2D eigenvalue weighted by atomic mass is 9.94. The fourth-order valence-corrected chi connectivity index (χ4v) is 4.84. The Bertz CT molecular complexity index is 1500. The van der Waals surface area contributed by atoms with Crippen molar-refractivity contribution in [2.75, 3.05) is 11.5 Å². The van der Waals surface area contributed by atoms with Gasteiger partial charge in [0, 0.05) is 11.3 Å². The van der Waals surface area contributed by atoms with E-state index in [0.29, 0.717) is 35.1 Å². The van der Waals surface area contributed by atoms with Crippen LogP contribution in [0.15, 0.2) is 96.6 Å². The fraction of sp³-hybridized carbons (Fsp3) is 0.188. The quantitative estimate of drug-likeness (QED) is 0.179. The molecule has 1 unspecified atom stereocenters. The highest BCUT2D eigenvalue weighted by molar-refractivity contribution is 6.51. The van der Waals surface area contributed by atoms with E-state index in [1.165, 1.54) is 4.90 Å². The lowest BCUT2D eigenvalue weighted by Crippen LogP contribution is -2.29. The third-order valence-electron chi connectivity index (χ3n) is 6.81. The van der Waals surface area contributed by atoms with Crippen molar-refractivity contribution in [1.29, 1.82) is 0 Å². The first-order valence-electron chi connectivity index (χ1n) is 12.5. The Balaban J connectivity index is 1.67. The fourth-order valence-electron chi connectivity index (χ4n) is 4.84. The minimum Gasteiger partial charge on any atom is -0.507 e. The second kappa shape index (κ2) is 9.94. The van der Waals surface area contributed by atoms with Crippen LogP contribution in [0.1, 0.15) is 49.4 Å². The zero-order valence-electron chi connectivity index (χ0n) is 21.1. The summed E-state index contributed by atoms with van der Waals surface area (Å²) in [6.45, 7) is 6.64. The highest BCUT2D eigenvalue weighted by Gasteiger charge is 2.47. The SMILES string of the molecule is CCOc1ccc(C2/C(=C(/O)c3ccc4ccccc4c3)C(=O)C(=O)N2c2ccc(C(C)C)cc2)cc1. The number of anilines is 1. The summed E-state index contributed by atoms with van der Waals surface area (Å²) >= 11 is 0. The van der Waals surface area contributed by atoms with Crippen LogP contribution in [0.3, 0.4) is 0 Å². The zero-order chi connectivity index (χ0) is 26.1. The molecule has 4 aromatic carbocycles. The number of benzene rings is 4. The van der Waals surface area contributed by atoms with Crippen LogP contribution in [-0.4, -0.2) is 23.4 Å². The van der Waals surface area contributed by atoms with Crippen LogP contribution in [0.5, 0.6) is 5.75 Å². The summed E-state index contributed by atoms with van der Waals surface area (Å²) in [6.07, 6.45) is 0. The van der Waals surface area contributed by atoms with Crippen LogP contribution < -0.4 is 9.64 Å². The van der Waals surface area contributed by atoms with Crippen LogP contribution in [-0.2, 0) is 9.59 Å². The minimum atomic E-state index is -0.785. The van der Waals surface area contributed by atoms with E-state index >= 15 is 0 Å². The first kappa shape index (κ1) is 24.3. The van der Waals surface area contributed by atoms with Crippen molar-refractivity contribution in [1.82, 2.24) is 0 Å². The number of fused-ring (bicyclic) bond motifs is 1. The standard InChI is InChI=1S/C32H29NO4/c1-4-37-27-17-13-23(14-18-27)29-28(30(34)25-10-9-22-7-5-6-8-24(22)19-25)31(35)32(36)33(29)26-15-11-21(12-16-26)20(2)3/h5-20,29,34H,4H2,1-3H3/b30-28-. The molecule has 0 aliphatic carbocycles. The molecule has 1 aliphatic heterocycles. The maximum absolute atomic E-state index is 13.5. The van der Waals surface area contributed by atoms with Crippen molar-refractivity contribution < 1.29 is 19.4 Å². The topological polar surface area (TPSA) is 66.8 Å². The van der Waals surface area contributed by atoms with Crippen molar-refractivity contribution in [2.45, 2.75) is 32.7 Å². The van der Waals surface area contributed by atoms with Crippen LogP contribution in [0.25, 0.3) is 16.5 Å². The van der Waals surface area contributed by atoms with Gasteiger partial charge < -0.3 is 9.84 Å². The van der Waals surface area contributed by atoms with Gasteiger partial charge in [-0.25, -0.2) is 0 Å². The predicted octanol–water partition coefficient (Wildman–Crippen LogP) is 6.99. The molecular weight excluding hydrogens is 462 g/mol. The summed E-state index contributed by atoms with van der Waals surface area (Å²) in [5.74, 6) is -0.543. The summed E-state index contributed by atoms with van der Waals surface area (Å²) in [4.78, 5) is 28.4. The first-order chi connectivity index (χ1) is 17.9. The molecular formula is C32H29NO4. The highest BCUT2D eigenvalue weighted by Crippen LogP contribution is 2.43. The van der Waals surface area contributed by atoms with E-state index in [1.54, 1.807) is 6.07 Å². The molecule has 1 aliphatic rings. The summed E-state index contributed by atoms with van der Waals surface area (Å²) in [5.41, 5.74) is 3.00. The maximum Gasteiger partial charge on any atom is 0.300 e. The Morgan fingerprint density at radius 1 is 0.892 bits per heavy atom. The molecule has 37 heavy (non-hydrogen) atoms. The molecule has 1 fully saturated rings. The largest absolute Gasteiger partial charge is 0.507 e. The van der Waals surface area contributed by atoms with E-state index in [4.69, 9.17) is 4.74 Å². The molecule has 1 saturated heterocycles. The molecule has 186 valence electrons. The molecule has 0 saturated carbocycles. The number of Topliss-reactive ketones (excluding diaryl/α,β-unsaturated/α-hetero) is 1. The third kappa shape index (κ3) is 4.49. The number of hydrogen-bond acceptors (Lipinski definition) is 4. The highest BCUT2D eigenvalue weighted by atomic mass is 16.5. The lowest BCUT2D eigenvalue weighted by Gasteiger charge is -2.26. The predicted molar refractivity (Wildman–Crippen MR) is 147 cm³/mol. The summed E-state index contributed by atoms with van der Waals surface area (Å²) in [6, 6.07) is 27.5. The molecule has 1 N–H and O–H groups in total. The lowest BCUT2D eigenvalue weighted by molar-refractivity contribution is -0.132. The van der Waals surface area contributed by atoms with Crippen LogP contribution in [0.4, 0.5) is 5.69 Å². The Kier molecular flexibility index (Phi) is 6.53. The number of amides is 1. The molecule has 5 heteroatoms. The van der Waals surface area contributed by atoms with E-state index < -0.39 is 17.7 Å². The molecule has 4 aromatic rings. The minimum absolute atomic E-state index is 0.0670. The van der Waals surface area contributed by atoms with Gasteiger partial charge in [0.05, 0.1) is 18.2 Å². The Morgan fingerprint density at radius 2 is 1.57 bits per heavy atom. The number of rotatable bonds is 6. The molecule has 5 rings (SSSR count). The van der Waals surface area contributed by atoms with E-state index in [-0.39, 0.29) is 11.3 Å². The summed E-state index contributed by atoms with van der Waals surface area (Å²) < 4.78 is 5.59. The molecule has 5 nitrogen and oxygen atoms in total. The van der Waals surface area contributed by atoms with Gasteiger partial charge >= 0.3 is 0 Å². The average molecular weight is 492 g/mol. The van der Waals surface area contributed by atoms with Gasteiger partial charge in [-0.05, 0) is 65.1 Å². The summed E-state index contributed by atoms with van der Waals surface area (Å²) in [7, 11) is 0. The molecule has 1 amide bonds. The van der Waals surface area contributed by atoms with E-state index in [0.717, 1.165) is 16.3 Å². The molecule has 0 radical (unpaired) electrons. The number of aliphatic hydroxyl groups excluding tert-OH is 1. The smallest absolute Gasteiger partial charge is 0.300 e. The van der Waals surface area contributed by atoms with Gasteiger partial charge in [0.15, 0.2) is 0 Å². The maximum atomic E-state index is 13.5. The van der Waals surface area contributed by atoms with Gasteiger partial charge in [0.25, 0.3) is 11.7 Å². The number of hydrogen-bond donors (Lipinski definition) is 1. The van der Waals surface area contributed by atoms with E-state index in [1.807, 2.05) is 91.9 Å².